The lowest BCUT2D eigenvalue weighted by atomic mass is 9.87. The maximum Gasteiger partial charge on any atom is 0.337 e. The standard InChI is InChI=1S/C29H26Cl2N2O2S2/c1-35-29(34)28-26(32-21-10-6-19(30)7-11-21)17-23(16-24-4-2-14-36-24)33(22-12-8-20(31)9-13-22)27(28)18-25-5-3-15-37-25/h2-15,23,27,32H,16-18H2,1H3. The molecule has 0 saturated heterocycles. The number of hydrogen-bond acceptors (Lipinski definition) is 6. The van der Waals surface area contributed by atoms with Crippen molar-refractivity contribution in [2.75, 3.05) is 17.3 Å². The topological polar surface area (TPSA) is 41.6 Å². The Bertz CT molecular complexity index is 1350. The number of anilines is 2. The number of carbonyl (C=O) groups excluding carboxylic acids is 1. The lowest BCUT2D eigenvalue weighted by Gasteiger charge is -2.45. The predicted molar refractivity (Wildman–Crippen MR) is 156 cm³/mol. The van der Waals surface area contributed by atoms with E-state index in [-0.39, 0.29) is 18.1 Å². The average Bonchev–Trinajstić information content (AvgIpc) is 3.61. The number of hydrogen-bond donors (Lipinski definition) is 1. The third-order valence-corrected chi connectivity index (χ3v) is 8.79. The fraction of sp³-hybridized carbons (Fsp3) is 0.207. The fourth-order valence-electron chi connectivity index (χ4n) is 4.89. The molecule has 0 saturated carbocycles. The molecule has 1 aliphatic heterocycles. The number of esters is 1. The summed E-state index contributed by atoms with van der Waals surface area (Å²) >= 11 is 15.8. The van der Waals surface area contributed by atoms with Crippen LogP contribution in [0.5, 0.6) is 0 Å². The smallest absolute Gasteiger partial charge is 0.337 e. The highest BCUT2D eigenvalue weighted by Gasteiger charge is 2.40. The van der Waals surface area contributed by atoms with Gasteiger partial charge in [-0.15, -0.1) is 22.7 Å². The molecule has 0 radical (unpaired) electrons. The maximum absolute atomic E-state index is 13.4. The van der Waals surface area contributed by atoms with Gasteiger partial charge in [0.05, 0.1) is 18.7 Å². The molecule has 0 amide bonds. The molecule has 2 aromatic heterocycles. The summed E-state index contributed by atoms with van der Waals surface area (Å²) in [5.74, 6) is -0.327. The van der Waals surface area contributed by atoms with Crippen LogP contribution in [0.3, 0.4) is 0 Å². The molecule has 2 unspecified atom stereocenters. The van der Waals surface area contributed by atoms with E-state index in [1.807, 2.05) is 54.6 Å². The summed E-state index contributed by atoms with van der Waals surface area (Å²) in [4.78, 5) is 18.3. The summed E-state index contributed by atoms with van der Waals surface area (Å²) in [5.41, 5.74) is 3.43. The summed E-state index contributed by atoms with van der Waals surface area (Å²) in [6.45, 7) is 0. The highest BCUT2D eigenvalue weighted by Crippen LogP contribution is 2.38. The van der Waals surface area contributed by atoms with Crippen LogP contribution in [0.1, 0.15) is 16.2 Å². The van der Waals surface area contributed by atoms with E-state index in [1.54, 1.807) is 22.7 Å². The predicted octanol–water partition coefficient (Wildman–Crippen LogP) is 8.09. The Labute approximate surface area is 235 Å². The van der Waals surface area contributed by atoms with Gasteiger partial charge in [-0.3, -0.25) is 0 Å². The molecule has 1 aliphatic rings. The Hall–Kier alpha value is -2.77. The van der Waals surface area contributed by atoms with Crippen molar-refractivity contribution >= 4 is 63.2 Å². The van der Waals surface area contributed by atoms with Crippen LogP contribution in [0.15, 0.2) is 94.8 Å². The van der Waals surface area contributed by atoms with Crippen molar-refractivity contribution in [1.82, 2.24) is 0 Å². The maximum atomic E-state index is 13.4. The third kappa shape index (κ3) is 6.04. The molecule has 2 atom stereocenters. The first-order valence-corrected chi connectivity index (χ1v) is 14.5. The van der Waals surface area contributed by atoms with Gasteiger partial charge in [-0.05, 0) is 71.4 Å². The minimum Gasteiger partial charge on any atom is -0.466 e. The summed E-state index contributed by atoms with van der Waals surface area (Å²) in [6.07, 6.45) is 2.17. The molecule has 4 aromatic rings. The Balaban J connectivity index is 1.65. The van der Waals surface area contributed by atoms with Crippen molar-refractivity contribution in [3.8, 4) is 0 Å². The van der Waals surface area contributed by atoms with Gasteiger partial charge < -0.3 is 15.0 Å². The quantitative estimate of drug-likeness (QED) is 0.218. The van der Waals surface area contributed by atoms with Gasteiger partial charge >= 0.3 is 5.97 Å². The van der Waals surface area contributed by atoms with E-state index in [2.05, 4.69) is 39.2 Å². The lowest BCUT2D eigenvalue weighted by molar-refractivity contribution is -0.136. The van der Waals surface area contributed by atoms with Gasteiger partial charge in [0.1, 0.15) is 0 Å². The van der Waals surface area contributed by atoms with E-state index in [0.29, 0.717) is 28.5 Å². The van der Waals surface area contributed by atoms with Crippen LogP contribution in [0.25, 0.3) is 0 Å². The number of carbonyl (C=O) groups is 1. The van der Waals surface area contributed by atoms with Crippen molar-refractivity contribution in [3.05, 3.63) is 115 Å². The van der Waals surface area contributed by atoms with Crippen molar-refractivity contribution in [2.45, 2.75) is 31.3 Å². The van der Waals surface area contributed by atoms with Crippen molar-refractivity contribution in [1.29, 1.82) is 0 Å². The monoisotopic (exact) mass is 568 g/mol. The van der Waals surface area contributed by atoms with Crippen LogP contribution in [-0.2, 0) is 22.4 Å². The number of halogens is 2. The van der Waals surface area contributed by atoms with E-state index < -0.39 is 0 Å². The molecule has 8 heteroatoms. The van der Waals surface area contributed by atoms with Gasteiger partial charge in [-0.2, -0.15) is 0 Å². The second-order valence-electron chi connectivity index (χ2n) is 8.84. The molecule has 4 nitrogen and oxygen atoms in total. The number of nitrogens with zero attached hydrogens (tertiary/aromatic N) is 1. The molecule has 190 valence electrons. The first-order chi connectivity index (χ1) is 18.0. The Morgan fingerprint density at radius 3 is 2.08 bits per heavy atom. The van der Waals surface area contributed by atoms with Crippen molar-refractivity contribution < 1.29 is 9.53 Å². The zero-order valence-corrected chi connectivity index (χ0v) is 23.3. The van der Waals surface area contributed by atoms with Crippen LogP contribution in [0.2, 0.25) is 10.0 Å². The Kier molecular flexibility index (Phi) is 8.20. The summed E-state index contributed by atoms with van der Waals surface area (Å²) in [6, 6.07) is 23.7. The first-order valence-electron chi connectivity index (χ1n) is 11.9. The van der Waals surface area contributed by atoms with E-state index in [0.717, 1.165) is 23.5 Å². The van der Waals surface area contributed by atoms with Crippen LogP contribution in [-0.4, -0.2) is 25.2 Å². The summed E-state index contributed by atoms with van der Waals surface area (Å²) in [7, 11) is 1.45. The highest BCUT2D eigenvalue weighted by molar-refractivity contribution is 7.10. The van der Waals surface area contributed by atoms with Gasteiger partial charge in [-0.1, -0.05) is 35.3 Å². The molecular weight excluding hydrogens is 543 g/mol. The molecule has 0 bridgehead atoms. The largest absolute Gasteiger partial charge is 0.466 e. The summed E-state index contributed by atoms with van der Waals surface area (Å²) in [5, 5.41) is 9.08. The molecule has 0 spiro atoms. The van der Waals surface area contributed by atoms with Gasteiger partial charge in [-0.25, -0.2) is 4.79 Å². The Morgan fingerprint density at radius 2 is 1.51 bits per heavy atom. The second kappa shape index (κ2) is 11.7. The number of ether oxygens (including phenoxy) is 1. The zero-order chi connectivity index (χ0) is 25.8. The van der Waals surface area contributed by atoms with Crippen LogP contribution < -0.4 is 10.2 Å². The average molecular weight is 570 g/mol. The molecule has 3 heterocycles. The third-order valence-electron chi connectivity index (χ3n) is 6.49. The molecule has 0 aliphatic carbocycles. The molecule has 0 fully saturated rings. The van der Waals surface area contributed by atoms with E-state index in [1.165, 1.54) is 16.9 Å². The van der Waals surface area contributed by atoms with Crippen molar-refractivity contribution in [2.24, 2.45) is 0 Å². The van der Waals surface area contributed by atoms with E-state index in [4.69, 9.17) is 27.9 Å². The molecular formula is C29H26Cl2N2O2S2. The minimum absolute atomic E-state index is 0.105. The molecule has 5 rings (SSSR count). The number of rotatable bonds is 8. The number of nitrogens with one attached hydrogen (secondary N) is 1. The number of methoxy groups -OCH3 is 1. The normalized spacial score (nSPS) is 17.6. The molecule has 37 heavy (non-hydrogen) atoms. The van der Waals surface area contributed by atoms with E-state index >= 15 is 0 Å². The molecule has 1 N–H and O–H groups in total. The number of thiophene rings is 2. The van der Waals surface area contributed by atoms with Crippen LogP contribution >= 0.6 is 45.9 Å². The van der Waals surface area contributed by atoms with Gasteiger partial charge in [0, 0.05) is 62.2 Å². The van der Waals surface area contributed by atoms with Crippen LogP contribution in [0.4, 0.5) is 11.4 Å². The Morgan fingerprint density at radius 1 is 0.919 bits per heavy atom. The fourth-order valence-corrected chi connectivity index (χ4v) is 6.66. The highest BCUT2D eigenvalue weighted by atomic mass is 35.5. The summed E-state index contributed by atoms with van der Waals surface area (Å²) < 4.78 is 5.37. The van der Waals surface area contributed by atoms with Gasteiger partial charge in [0.2, 0.25) is 0 Å². The second-order valence-corrected chi connectivity index (χ2v) is 11.8. The van der Waals surface area contributed by atoms with Gasteiger partial charge in [0.15, 0.2) is 0 Å². The minimum atomic E-state index is -0.327. The molecule has 2 aromatic carbocycles. The van der Waals surface area contributed by atoms with Crippen LogP contribution in [0, 0.1) is 0 Å². The van der Waals surface area contributed by atoms with Gasteiger partial charge in [0.25, 0.3) is 0 Å². The lowest BCUT2D eigenvalue weighted by Crippen LogP contribution is -2.52. The first kappa shape index (κ1) is 25.9. The number of benzene rings is 2. The SMILES string of the molecule is COC(=O)C1=C(Nc2ccc(Cl)cc2)CC(Cc2cccs2)N(c2ccc(Cl)cc2)C1Cc1cccs1. The van der Waals surface area contributed by atoms with E-state index in [9.17, 15) is 4.79 Å². The zero-order valence-electron chi connectivity index (χ0n) is 20.2. The van der Waals surface area contributed by atoms with Crippen molar-refractivity contribution in [3.63, 3.8) is 0 Å².